The van der Waals surface area contributed by atoms with Crippen LogP contribution in [0.15, 0.2) is 12.1 Å². The van der Waals surface area contributed by atoms with Gasteiger partial charge in [-0.25, -0.2) is 13.2 Å². The van der Waals surface area contributed by atoms with Crippen molar-refractivity contribution in [3.63, 3.8) is 0 Å². The molecule has 0 radical (unpaired) electrons. The molecule has 0 aliphatic heterocycles. The molecule has 1 N–H and O–H groups in total. The summed E-state index contributed by atoms with van der Waals surface area (Å²) in [5.74, 6) is -5.18. The van der Waals surface area contributed by atoms with Crippen LogP contribution in [0.2, 0.25) is 0 Å². The molecule has 1 atom stereocenters. The van der Waals surface area contributed by atoms with Crippen LogP contribution in [0.25, 0.3) is 0 Å². The fourth-order valence-electron chi connectivity index (χ4n) is 0.963. The number of benzene rings is 1. The summed E-state index contributed by atoms with van der Waals surface area (Å²) in [4.78, 5) is 11.3. The second-order valence-electron chi connectivity index (χ2n) is 3.30. The molecule has 16 heavy (non-hydrogen) atoms. The van der Waals surface area contributed by atoms with E-state index in [0.717, 1.165) is 0 Å². The second kappa shape index (κ2) is 5.21. The van der Waals surface area contributed by atoms with Crippen molar-refractivity contribution in [2.45, 2.75) is 6.92 Å². The van der Waals surface area contributed by atoms with Crippen molar-refractivity contribution in [2.75, 3.05) is 11.2 Å². The standard InChI is InChI=1S/C10H9ClF3NO/c1-5(4-11)10(16)15-6-2-7(12)9(14)8(13)3-6/h2-3,5H,4H2,1H3,(H,15,16). The van der Waals surface area contributed by atoms with Crippen LogP contribution in [0.5, 0.6) is 0 Å². The first-order valence-electron chi connectivity index (χ1n) is 4.47. The minimum Gasteiger partial charge on any atom is -0.326 e. The molecular weight excluding hydrogens is 243 g/mol. The third-order valence-electron chi connectivity index (χ3n) is 1.93. The predicted octanol–water partition coefficient (Wildman–Crippen LogP) is 2.92. The van der Waals surface area contributed by atoms with Crippen LogP contribution in [-0.4, -0.2) is 11.8 Å². The molecule has 0 saturated heterocycles. The minimum absolute atomic E-state index is 0.0813. The summed E-state index contributed by atoms with van der Waals surface area (Å²) in [7, 11) is 0. The molecule has 0 saturated carbocycles. The van der Waals surface area contributed by atoms with E-state index in [9.17, 15) is 18.0 Å². The van der Waals surface area contributed by atoms with Crippen molar-refractivity contribution in [2.24, 2.45) is 5.92 Å². The summed E-state index contributed by atoms with van der Waals surface area (Å²) in [6.45, 7) is 1.55. The molecule has 0 aliphatic carbocycles. The number of nitrogens with one attached hydrogen (secondary N) is 1. The fraction of sp³-hybridized carbons (Fsp3) is 0.300. The number of carbonyl (C=O) groups excluding carboxylic acids is 1. The van der Waals surface area contributed by atoms with Gasteiger partial charge in [0.15, 0.2) is 17.5 Å². The normalized spacial score (nSPS) is 12.3. The zero-order chi connectivity index (χ0) is 12.3. The summed E-state index contributed by atoms with van der Waals surface area (Å²) < 4.78 is 38.2. The molecule has 0 fully saturated rings. The Balaban J connectivity index is 2.87. The molecular formula is C10H9ClF3NO. The molecule has 0 bridgehead atoms. The number of rotatable bonds is 3. The average molecular weight is 252 g/mol. The third-order valence-corrected chi connectivity index (χ3v) is 2.39. The molecule has 6 heteroatoms. The smallest absolute Gasteiger partial charge is 0.228 e. The Kier molecular flexibility index (Phi) is 4.18. The fourth-order valence-corrected chi connectivity index (χ4v) is 1.10. The van der Waals surface area contributed by atoms with E-state index in [-0.39, 0.29) is 11.6 Å². The Bertz CT molecular complexity index is 388. The maximum atomic E-state index is 12.8. The Morgan fingerprint density at radius 1 is 1.38 bits per heavy atom. The van der Waals surface area contributed by atoms with Gasteiger partial charge >= 0.3 is 0 Å². The van der Waals surface area contributed by atoms with E-state index in [1.54, 1.807) is 6.92 Å². The Labute approximate surface area is 95.4 Å². The third kappa shape index (κ3) is 2.88. The van der Waals surface area contributed by atoms with Crippen molar-refractivity contribution >= 4 is 23.2 Å². The van der Waals surface area contributed by atoms with Crippen LogP contribution in [0.3, 0.4) is 0 Å². The highest BCUT2D eigenvalue weighted by atomic mass is 35.5. The lowest BCUT2D eigenvalue weighted by Crippen LogP contribution is -2.21. The summed E-state index contributed by atoms with van der Waals surface area (Å²) in [6, 6.07) is 1.41. The number of amides is 1. The lowest BCUT2D eigenvalue weighted by atomic mass is 10.2. The van der Waals surface area contributed by atoms with Crippen molar-refractivity contribution in [1.29, 1.82) is 0 Å². The van der Waals surface area contributed by atoms with Gasteiger partial charge in [0.25, 0.3) is 0 Å². The van der Waals surface area contributed by atoms with Gasteiger partial charge in [-0.1, -0.05) is 6.92 Å². The van der Waals surface area contributed by atoms with Gasteiger partial charge in [-0.3, -0.25) is 4.79 Å². The summed E-state index contributed by atoms with van der Waals surface area (Å²) in [6.07, 6.45) is 0. The SMILES string of the molecule is CC(CCl)C(=O)Nc1cc(F)c(F)c(F)c1. The van der Waals surface area contributed by atoms with E-state index in [1.165, 1.54) is 0 Å². The van der Waals surface area contributed by atoms with E-state index in [4.69, 9.17) is 11.6 Å². The summed E-state index contributed by atoms with van der Waals surface area (Å²) in [5.41, 5.74) is -0.140. The second-order valence-corrected chi connectivity index (χ2v) is 3.61. The van der Waals surface area contributed by atoms with Gasteiger partial charge in [0.05, 0.1) is 0 Å². The van der Waals surface area contributed by atoms with Gasteiger partial charge in [-0.2, -0.15) is 0 Å². The lowest BCUT2D eigenvalue weighted by molar-refractivity contribution is -0.118. The van der Waals surface area contributed by atoms with Crippen LogP contribution in [0.1, 0.15) is 6.92 Å². The molecule has 0 aliphatic rings. The predicted molar refractivity (Wildman–Crippen MR) is 54.8 cm³/mol. The monoisotopic (exact) mass is 251 g/mol. The molecule has 0 heterocycles. The first-order chi connectivity index (χ1) is 7.45. The lowest BCUT2D eigenvalue weighted by Gasteiger charge is -2.09. The van der Waals surface area contributed by atoms with Gasteiger partial charge in [-0.05, 0) is 0 Å². The average Bonchev–Trinajstić information content (AvgIpc) is 2.24. The van der Waals surface area contributed by atoms with Crippen LogP contribution in [0, 0.1) is 23.4 Å². The van der Waals surface area contributed by atoms with Crippen molar-refractivity contribution in [3.8, 4) is 0 Å². The molecule has 1 unspecified atom stereocenters. The molecule has 1 rings (SSSR count). The number of anilines is 1. The number of halogens is 4. The van der Waals surface area contributed by atoms with E-state index >= 15 is 0 Å². The highest BCUT2D eigenvalue weighted by Crippen LogP contribution is 2.18. The molecule has 1 aromatic rings. The van der Waals surface area contributed by atoms with Crippen molar-refractivity contribution < 1.29 is 18.0 Å². The van der Waals surface area contributed by atoms with Gasteiger partial charge in [0.1, 0.15) is 0 Å². The van der Waals surface area contributed by atoms with Crippen LogP contribution in [-0.2, 0) is 4.79 Å². The molecule has 1 amide bonds. The van der Waals surface area contributed by atoms with Crippen LogP contribution >= 0.6 is 11.6 Å². The van der Waals surface area contributed by atoms with Crippen LogP contribution < -0.4 is 5.32 Å². The summed E-state index contributed by atoms with van der Waals surface area (Å²) >= 11 is 5.43. The first kappa shape index (κ1) is 12.8. The topological polar surface area (TPSA) is 29.1 Å². The van der Waals surface area contributed by atoms with Crippen molar-refractivity contribution in [1.82, 2.24) is 0 Å². The van der Waals surface area contributed by atoms with Gasteiger partial charge in [-0.15, -0.1) is 11.6 Å². The zero-order valence-electron chi connectivity index (χ0n) is 8.36. The first-order valence-corrected chi connectivity index (χ1v) is 5.00. The molecule has 0 aromatic heterocycles. The Morgan fingerprint density at radius 3 is 2.31 bits per heavy atom. The molecule has 1 aromatic carbocycles. The van der Waals surface area contributed by atoms with Gasteiger partial charge < -0.3 is 5.32 Å². The Morgan fingerprint density at radius 2 is 1.88 bits per heavy atom. The quantitative estimate of drug-likeness (QED) is 0.650. The van der Waals surface area contributed by atoms with Gasteiger partial charge in [0, 0.05) is 29.6 Å². The highest BCUT2D eigenvalue weighted by Gasteiger charge is 2.15. The zero-order valence-corrected chi connectivity index (χ0v) is 9.12. The maximum absolute atomic E-state index is 12.8. The van der Waals surface area contributed by atoms with Crippen LogP contribution in [0.4, 0.5) is 18.9 Å². The maximum Gasteiger partial charge on any atom is 0.228 e. The van der Waals surface area contributed by atoms with Gasteiger partial charge in [0.2, 0.25) is 5.91 Å². The molecule has 88 valence electrons. The molecule has 2 nitrogen and oxygen atoms in total. The highest BCUT2D eigenvalue weighted by molar-refractivity contribution is 6.19. The minimum atomic E-state index is -1.57. The number of carbonyl (C=O) groups is 1. The Hall–Kier alpha value is -1.23. The number of alkyl halides is 1. The van der Waals surface area contributed by atoms with Crippen molar-refractivity contribution in [3.05, 3.63) is 29.6 Å². The number of hydrogen-bond donors (Lipinski definition) is 1. The largest absolute Gasteiger partial charge is 0.326 e. The van der Waals surface area contributed by atoms with E-state index in [1.807, 2.05) is 0 Å². The van der Waals surface area contributed by atoms with E-state index in [2.05, 4.69) is 5.32 Å². The van der Waals surface area contributed by atoms with E-state index < -0.39 is 29.3 Å². The van der Waals surface area contributed by atoms with E-state index in [0.29, 0.717) is 12.1 Å². The number of hydrogen-bond acceptors (Lipinski definition) is 1. The molecule has 0 spiro atoms. The summed E-state index contributed by atoms with van der Waals surface area (Å²) in [5, 5.41) is 2.23.